The lowest BCUT2D eigenvalue weighted by Crippen LogP contribution is -2.24. The van der Waals surface area contributed by atoms with Crippen LogP contribution < -0.4 is 10.2 Å². The molecule has 0 aliphatic rings. The summed E-state index contributed by atoms with van der Waals surface area (Å²) in [6.07, 6.45) is 0. The number of rotatable bonds is 8. The molecule has 0 saturated heterocycles. The molecule has 0 unspecified atom stereocenters. The molecule has 0 amide bonds. The molecule has 0 spiro atoms. The van der Waals surface area contributed by atoms with Gasteiger partial charge >= 0.3 is 0 Å². The molecule has 0 aliphatic carbocycles. The number of ether oxygens (including phenoxy) is 1. The van der Waals surface area contributed by atoms with Crippen molar-refractivity contribution in [1.82, 2.24) is 5.32 Å². The third-order valence-electron chi connectivity index (χ3n) is 2.93. The van der Waals surface area contributed by atoms with Gasteiger partial charge in [-0.3, -0.25) is 0 Å². The summed E-state index contributed by atoms with van der Waals surface area (Å²) in [5.41, 5.74) is 1.78. The maximum absolute atomic E-state index is 13.8. The summed E-state index contributed by atoms with van der Waals surface area (Å²) in [4.78, 5) is 2.02. The van der Waals surface area contributed by atoms with E-state index in [1.54, 1.807) is 13.2 Å². The fraction of sp³-hybridized carbons (Fsp3) is 0.571. The van der Waals surface area contributed by atoms with Crippen molar-refractivity contribution in [1.29, 1.82) is 0 Å². The van der Waals surface area contributed by atoms with E-state index in [9.17, 15) is 4.39 Å². The molecule has 0 bridgehead atoms. The zero-order chi connectivity index (χ0) is 13.4. The van der Waals surface area contributed by atoms with E-state index in [1.807, 2.05) is 30.9 Å². The Morgan fingerprint density at radius 1 is 1.28 bits per heavy atom. The third-order valence-corrected chi connectivity index (χ3v) is 2.93. The molecular formula is C14H23FN2O. The average Bonchev–Trinajstić information content (AvgIpc) is 2.39. The number of hydrogen-bond donors (Lipinski definition) is 1. The number of anilines is 1. The minimum Gasteiger partial charge on any atom is -0.383 e. The van der Waals surface area contributed by atoms with E-state index in [1.165, 1.54) is 0 Å². The summed E-state index contributed by atoms with van der Waals surface area (Å²) in [6, 6.07) is 5.28. The van der Waals surface area contributed by atoms with Gasteiger partial charge in [0.1, 0.15) is 5.82 Å². The SMILES string of the molecule is CCN(CC)c1cc(CNCCOC)ccc1F. The van der Waals surface area contributed by atoms with Crippen molar-refractivity contribution in [2.45, 2.75) is 20.4 Å². The number of halogens is 1. The van der Waals surface area contributed by atoms with Gasteiger partial charge in [0.2, 0.25) is 0 Å². The normalized spacial score (nSPS) is 10.7. The van der Waals surface area contributed by atoms with E-state index in [4.69, 9.17) is 4.74 Å². The molecule has 3 nitrogen and oxygen atoms in total. The Balaban J connectivity index is 2.68. The van der Waals surface area contributed by atoms with Gasteiger partial charge in [-0.25, -0.2) is 4.39 Å². The van der Waals surface area contributed by atoms with Crippen molar-refractivity contribution in [3.63, 3.8) is 0 Å². The Hall–Kier alpha value is -1.13. The highest BCUT2D eigenvalue weighted by Gasteiger charge is 2.09. The van der Waals surface area contributed by atoms with Gasteiger partial charge in [-0.05, 0) is 31.5 Å². The Labute approximate surface area is 109 Å². The topological polar surface area (TPSA) is 24.5 Å². The van der Waals surface area contributed by atoms with Crippen LogP contribution in [0.4, 0.5) is 10.1 Å². The molecule has 0 aromatic heterocycles. The molecule has 1 N–H and O–H groups in total. The summed E-state index contributed by atoms with van der Waals surface area (Å²) >= 11 is 0. The van der Waals surface area contributed by atoms with Crippen LogP contribution >= 0.6 is 0 Å². The standard InChI is InChI=1S/C14H23FN2O/c1-4-17(5-2)14-10-12(6-7-13(14)15)11-16-8-9-18-3/h6-7,10,16H,4-5,8-9,11H2,1-3H3. The lowest BCUT2D eigenvalue weighted by atomic mass is 10.1. The highest BCUT2D eigenvalue weighted by Crippen LogP contribution is 2.20. The summed E-state index contributed by atoms with van der Waals surface area (Å²) in [7, 11) is 1.68. The zero-order valence-electron chi connectivity index (χ0n) is 11.5. The number of benzene rings is 1. The van der Waals surface area contributed by atoms with E-state index in [2.05, 4.69) is 5.32 Å². The molecular weight excluding hydrogens is 231 g/mol. The summed E-state index contributed by atoms with van der Waals surface area (Å²) < 4.78 is 18.7. The molecule has 18 heavy (non-hydrogen) atoms. The maximum Gasteiger partial charge on any atom is 0.146 e. The van der Waals surface area contributed by atoms with Crippen molar-refractivity contribution < 1.29 is 9.13 Å². The molecule has 0 aliphatic heterocycles. The van der Waals surface area contributed by atoms with Gasteiger partial charge in [0.25, 0.3) is 0 Å². The lowest BCUT2D eigenvalue weighted by molar-refractivity contribution is 0.199. The van der Waals surface area contributed by atoms with Gasteiger partial charge in [0.05, 0.1) is 12.3 Å². The Morgan fingerprint density at radius 3 is 2.61 bits per heavy atom. The highest BCUT2D eigenvalue weighted by molar-refractivity contribution is 5.49. The van der Waals surface area contributed by atoms with Gasteiger partial charge in [0.15, 0.2) is 0 Å². The molecule has 4 heteroatoms. The number of nitrogens with zero attached hydrogens (tertiary/aromatic N) is 1. The molecule has 0 radical (unpaired) electrons. The first-order valence-corrected chi connectivity index (χ1v) is 6.45. The molecule has 0 saturated carbocycles. The van der Waals surface area contributed by atoms with Crippen molar-refractivity contribution >= 4 is 5.69 Å². The van der Waals surface area contributed by atoms with Gasteiger partial charge < -0.3 is 15.0 Å². The van der Waals surface area contributed by atoms with Crippen LogP contribution in [-0.4, -0.2) is 33.4 Å². The van der Waals surface area contributed by atoms with Crippen LogP contribution in [0.2, 0.25) is 0 Å². The highest BCUT2D eigenvalue weighted by atomic mass is 19.1. The van der Waals surface area contributed by atoms with E-state index >= 15 is 0 Å². The first-order chi connectivity index (χ1) is 8.72. The maximum atomic E-state index is 13.8. The van der Waals surface area contributed by atoms with Crippen LogP contribution in [0.25, 0.3) is 0 Å². The van der Waals surface area contributed by atoms with E-state index < -0.39 is 0 Å². The smallest absolute Gasteiger partial charge is 0.146 e. The second kappa shape index (κ2) is 8.06. The third kappa shape index (κ3) is 4.27. The van der Waals surface area contributed by atoms with Crippen molar-refractivity contribution in [3.8, 4) is 0 Å². The molecule has 1 aromatic rings. The van der Waals surface area contributed by atoms with Crippen LogP contribution in [0.1, 0.15) is 19.4 Å². The molecule has 102 valence electrons. The minimum atomic E-state index is -0.153. The number of methoxy groups -OCH3 is 1. The zero-order valence-corrected chi connectivity index (χ0v) is 11.5. The first kappa shape index (κ1) is 14.9. The van der Waals surface area contributed by atoms with Crippen LogP contribution in [0.15, 0.2) is 18.2 Å². The minimum absolute atomic E-state index is 0.153. The van der Waals surface area contributed by atoms with E-state index in [0.29, 0.717) is 12.3 Å². The van der Waals surface area contributed by atoms with E-state index in [-0.39, 0.29) is 5.82 Å². The number of nitrogens with one attached hydrogen (secondary N) is 1. The van der Waals surface area contributed by atoms with Gasteiger partial charge in [0, 0.05) is 33.3 Å². The predicted molar refractivity (Wildman–Crippen MR) is 73.5 cm³/mol. The summed E-state index contributed by atoms with van der Waals surface area (Å²) in [5.74, 6) is -0.153. The van der Waals surface area contributed by atoms with Gasteiger partial charge in [-0.2, -0.15) is 0 Å². The van der Waals surface area contributed by atoms with Crippen LogP contribution in [0, 0.1) is 5.82 Å². The largest absolute Gasteiger partial charge is 0.383 e. The van der Waals surface area contributed by atoms with Gasteiger partial charge in [-0.15, -0.1) is 0 Å². The summed E-state index contributed by atoms with van der Waals surface area (Å²) in [6.45, 7) is 7.91. The average molecular weight is 254 g/mol. The molecule has 0 heterocycles. The first-order valence-electron chi connectivity index (χ1n) is 6.45. The van der Waals surface area contributed by atoms with Gasteiger partial charge in [-0.1, -0.05) is 6.07 Å². The van der Waals surface area contributed by atoms with Crippen molar-refractivity contribution in [2.75, 3.05) is 38.3 Å². The number of hydrogen-bond acceptors (Lipinski definition) is 3. The molecule has 0 fully saturated rings. The Bertz CT molecular complexity index is 354. The van der Waals surface area contributed by atoms with Crippen LogP contribution in [-0.2, 0) is 11.3 Å². The monoisotopic (exact) mass is 254 g/mol. The molecule has 0 atom stereocenters. The quantitative estimate of drug-likeness (QED) is 0.721. The summed E-state index contributed by atoms with van der Waals surface area (Å²) in [5, 5.41) is 3.26. The molecule has 1 rings (SSSR count). The Morgan fingerprint density at radius 2 is 2.00 bits per heavy atom. The second-order valence-corrected chi connectivity index (χ2v) is 4.13. The Kier molecular flexibility index (Phi) is 6.68. The van der Waals surface area contributed by atoms with Crippen LogP contribution in [0.3, 0.4) is 0 Å². The van der Waals surface area contributed by atoms with E-state index in [0.717, 1.165) is 31.7 Å². The fourth-order valence-corrected chi connectivity index (χ4v) is 1.88. The predicted octanol–water partition coefficient (Wildman–Crippen LogP) is 2.41. The molecule has 1 aromatic carbocycles. The fourth-order valence-electron chi connectivity index (χ4n) is 1.88. The van der Waals surface area contributed by atoms with Crippen molar-refractivity contribution in [3.05, 3.63) is 29.6 Å². The second-order valence-electron chi connectivity index (χ2n) is 4.13. The van der Waals surface area contributed by atoms with Crippen molar-refractivity contribution in [2.24, 2.45) is 0 Å². The lowest BCUT2D eigenvalue weighted by Gasteiger charge is -2.22. The van der Waals surface area contributed by atoms with Crippen LogP contribution in [0.5, 0.6) is 0 Å².